The van der Waals surface area contributed by atoms with Crippen LogP contribution in [0.15, 0.2) is 18.3 Å². The molecule has 17 heavy (non-hydrogen) atoms. The van der Waals surface area contributed by atoms with Crippen LogP contribution in [0.25, 0.3) is 0 Å². The summed E-state index contributed by atoms with van der Waals surface area (Å²) in [6.45, 7) is 3.23. The molecule has 0 aliphatic carbocycles. The molecule has 1 amide bonds. The van der Waals surface area contributed by atoms with Crippen LogP contribution in [0.1, 0.15) is 17.4 Å². The van der Waals surface area contributed by atoms with Crippen LogP contribution >= 0.6 is 0 Å². The number of amides is 1. The fourth-order valence-electron chi connectivity index (χ4n) is 1.38. The number of anilines is 1. The summed E-state index contributed by atoms with van der Waals surface area (Å²) in [6, 6.07) is 3.52. The van der Waals surface area contributed by atoms with E-state index in [1.165, 1.54) is 0 Å². The van der Waals surface area contributed by atoms with E-state index in [4.69, 9.17) is 4.74 Å². The average molecular weight is 237 g/mol. The highest BCUT2D eigenvalue weighted by atomic mass is 16.5. The van der Waals surface area contributed by atoms with E-state index in [0.29, 0.717) is 24.8 Å². The van der Waals surface area contributed by atoms with Crippen LogP contribution in [0.3, 0.4) is 0 Å². The summed E-state index contributed by atoms with van der Waals surface area (Å²) in [6.07, 6.45) is 1.63. The lowest BCUT2D eigenvalue weighted by Crippen LogP contribution is -2.30. The summed E-state index contributed by atoms with van der Waals surface area (Å²) in [4.78, 5) is 15.8. The normalized spacial score (nSPS) is 11.9. The van der Waals surface area contributed by atoms with E-state index in [2.05, 4.69) is 15.6 Å². The molecule has 5 heteroatoms. The largest absolute Gasteiger partial charge is 0.387 e. The highest BCUT2D eigenvalue weighted by Gasteiger charge is 2.08. The lowest BCUT2D eigenvalue weighted by Gasteiger charge is -2.11. The van der Waals surface area contributed by atoms with Crippen molar-refractivity contribution in [1.82, 2.24) is 10.3 Å². The molecule has 1 unspecified atom stereocenters. The molecule has 0 aliphatic rings. The van der Waals surface area contributed by atoms with Crippen LogP contribution in [0, 0.1) is 5.92 Å². The molecule has 0 radical (unpaired) electrons. The summed E-state index contributed by atoms with van der Waals surface area (Å²) in [5.41, 5.74) is 1.31. The number of methoxy groups -OCH3 is 1. The van der Waals surface area contributed by atoms with Gasteiger partial charge in [0.2, 0.25) is 0 Å². The van der Waals surface area contributed by atoms with E-state index in [9.17, 15) is 4.79 Å². The topological polar surface area (TPSA) is 63.2 Å². The molecule has 1 rings (SSSR count). The fraction of sp³-hybridized carbons (Fsp3) is 0.500. The Morgan fingerprint density at radius 3 is 2.82 bits per heavy atom. The molecule has 5 nitrogen and oxygen atoms in total. The van der Waals surface area contributed by atoms with E-state index in [1.54, 1.807) is 19.4 Å². The van der Waals surface area contributed by atoms with Gasteiger partial charge in [0.25, 0.3) is 5.91 Å². The Morgan fingerprint density at radius 1 is 1.53 bits per heavy atom. The van der Waals surface area contributed by atoms with Crippen molar-refractivity contribution in [3.8, 4) is 0 Å². The maximum atomic E-state index is 11.7. The molecular weight excluding hydrogens is 218 g/mol. The van der Waals surface area contributed by atoms with Gasteiger partial charge < -0.3 is 15.4 Å². The number of pyridine rings is 1. The molecule has 0 spiro atoms. The van der Waals surface area contributed by atoms with Crippen molar-refractivity contribution in [2.75, 3.05) is 32.6 Å². The number of aromatic nitrogens is 1. The Morgan fingerprint density at radius 2 is 2.29 bits per heavy atom. The first-order chi connectivity index (χ1) is 8.17. The molecule has 94 valence electrons. The smallest absolute Gasteiger partial charge is 0.269 e. The molecule has 1 heterocycles. The number of nitrogens with zero attached hydrogens (tertiary/aromatic N) is 1. The number of hydrogen-bond acceptors (Lipinski definition) is 4. The number of carbonyl (C=O) groups excluding carboxylic acids is 1. The summed E-state index contributed by atoms with van der Waals surface area (Å²) in [5, 5.41) is 5.77. The number of nitrogens with one attached hydrogen (secondary N) is 2. The van der Waals surface area contributed by atoms with Crippen LogP contribution in [0.4, 0.5) is 5.69 Å². The first kappa shape index (κ1) is 13.4. The molecule has 1 aromatic rings. The zero-order chi connectivity index (χ0) is 12.7. The molecule has 0 aromatic carbocycles. The van der Waals surface area contributed by atoms with Crippen LogP contribution < -0.4 is 10.6 Å². The maximum absolute atomic E-state index is 11.7. The van der Waals surface area contributed by atoms with Gasteiger partial charge >= 0.3 is 0 Å². The van der Waals surface area contributed by atoms with Crippen LogP contribution in [0.5, 0.6) is 0 Å². The predicted octanol–water partition coefficient (Wildman–Crippen LogP) is 1.14. The van der Waals surface area contributed by atoms with Crippen LogP contribution in [-0.4, -0.2) is 38.2 Å². The van der Waals surface area contributed by atoms with Crippen molar-refractivity contribution < 1.29 is 9.53 Å². The fourth-order valence-corrected chi connectivity index (χ4v) is 1.38. The van der Waals surface area contributed by atoms with Gasteiger partial charge in [-0.1, -0.05) is 6.92 Å². The van der Waals surface area contributed by atoms with Crippen molar-refractivity contribution in [1.29, 1.82) is 0 Å². The third-order valence-electron chi connectivity index (χ3n) is 2.35. The number of carbonyl (C=O) groups is 1. The predicted molar refractivity (Wildman–Crippen MR) is 67.2 cm³/mol. The van der Waals surface area contributed by atoms with Gasteiger partial charge in [-0.15, -0.1) is 0 Å². The van der Waals surface area contributed by atoms with Gasteiger partial charge in [-0.2, -0.15) is 0 Å². The lowest BCUT2D eigenvalue weighted by molar-refractivity contribution is 0.0929. The van der Waals surface area contributed by atoms with Crippen molar-refractivity contribution in [2.45, 2.75) is 6.92 Å². The minimum atomic E-state index is -0.157. The summed E-state index contributed by atoms with van der Waals surface area (Å²) >= 11 is 0. The van der Waals surface area contributed by atoms with Gasteiger partial charge in [0.1, 0.15) is 5.69 Å². The molecule has 0 aliphatic heterocycles. The molecular formula is C12H19N3O2. The van der Waals surface area contributed by atoms with Gasteiger partial charge in [0.15, 0.2) is 0 Å². The number of ether oxygens (including phenoxy) is 1. The van der Waals surface area contributed by atoms with E-state index >= 15 is 0 Å². The van der Waals surface area contributed by atoms with Crippen molar-refractivity contribution in [2.24, 2.45) is 5.92 Å². The van der Waals surface area contributed by atoms with E-state index in [0.717, 1.165) is 5.69 Å². The molecule has 2 N–H and O–H groups in total. The molecule has 1 aromatic heterocycles. The Labute approximate surface area is 102 Å². The highest BCUT2D eigenvalue weighted by Crippen LogP contribution is 2.04. The van der Waals surface area contributed by atoms with Crippen LogP contribution in [0.2, 0.25) is 0 Å². The third kappa shape index (κ3) is 4.40. The summed E-state index contributed by atoms with van der Waals surface area (Å²) in [7, 11) is 3.46. The number of hydrogen-bond donors (Lipinski definition) is 2. The van der Waals surface area contributed by atoms with Gasteiger partial charge in [0, 0.05) is 20.7 Å². The van der Waals surface area contributed by atoms with Gasteiger partial charge in [0.05, 0.1) is 18.5 Å². The minimum Gasteiger partial charge on any atom is -0.387 e. The Balaban J connectivity index is 2.46. The van der Waals surface area contributed by atoms with Gasteiger partial charge in [-0.25, -0.2) is 4.98 Å². The minimum absolute atomic E-state index is 0.157. The number of rotatable bonds is 6. The maximum Gasteiger partial charge on any atom is 0.269 e. The standard InChI is InChI=1S/C12H19N3O2/c1-9(8-17-3)6-15-12(16)11-5-4-10(13-2)7-14-11/h4-5,7,9,13H,6,8H2,1-3H3,(H,15,16). The monoisotopic (exact) mass is 237 g/mol. The Hall–Kier alpha value is -1.62. The molecule has 0 saturated heterocycles. The van der Waals surface area contributed by atoms with Crippen molar-refractivity contribution >= 4 is 11.6 Å². The zero-order valence-corrected chi connectivity index (χ0v) is 10.5. The Kier molecular flexibility index (Phi) is 5.42. The molecule has 0 saturated carbocycles. The second-order valence-corrected chi connectivity index (χ2v) is 3.95. The van der Waals surface area contributed by atoms with Crippen molar-refractivity contribution in [3.63, 3.8) is 0 Å². The summed E-state index contributed by atoms with van der Waals surface area (Å²) in [5.74, 6) is 0.135. The van der Waals surface area contributed by atoms with E-state index in [-0.39, 0.29) is 5.91 Å². The lowest BCUT2D eigenvalue weighted by atomic mass is 10.2. The Bertz CT molecular complexity index is 351. The second-order valence-electron chi connectivity index (χ2n) is 3.95. The van der Waals surface area contributed by atoms with E-state index in [1.807, 2.05) is 20.0 Å². The molecule has 0 fully saturated rings. The van der Waals surface area contributed by atoms with Gasteiger partial charge in [-0.3, -0.25) is 4.79 Å². The van der Waals surface area contributed by atoms with Crippen LogP contribution in [-0.2, 0) is 4.74 Å². The quantitative estimate of drug-likeness (QED) is 0.778. The first-order valence-corrected chi connectivity index (χ1v) is 5.58. The zero-order valence-electron chi connectivity index (χ0n) is 10.5. The average Bonchev–Trinajstić information content (AvgIpc) is 2.36. The third-order valence-corrected chi connectivity index (χ3v) is 2.35. The summed E-state index contributed by atoms with van der Waals surface area (Å²) < 4.78 is 5.00. The first-order valence-electron chi connectivity index (χ1n) is 5.58. The SMILES string of the molecule is CNc1ccc(C(=O)NCC(C)COC)nc1. The molecule has 1 atom stereocenters. The second kappa shape index (κ2) is 6.85. The van der Waals surface area contributed by atoms with Gasteiger partial charge in [-0.05, 0) is 18.1 Å². The highest BCUT2D eigenvalue weighted by molar-refractivity contribution is 5.92. The van der Waals surface area contributed by atoms with E-state index < -0.39 is 0 Å². The van der Waals surface area contributed by atoms with Crippen molar-refractivity contribution in [3.05, 3.63) is 24.0 Å². The molecule has 0 bridgehead atoms.